The lowest BCUT2D eigenvalue weighted by atomic mass is 10.2. The van der Waals surface area contributed by atoms with Crippen molar-refractivity contribution in [2.24, 2.45) is 0 Å². The maximum Gasteiger partial charge on any atom is 0.313 e. The van der Waals surface area contributed by atoms with E-state index in [1.807, 2.05) is 6.92 Å². The molecule has 1 aromatic heterocycles. The molecular formula is C14H11N3O3S. The van der Waals surface area contributed by atoms with Gasteiger partial charge in [-0.3, -0.25) is 10.1 Å². The first-order chi connectivity index (χ1) is 10.0. The van der Waals surface area contributed by atoms with Crippen LogP contribution in [0.15, 0.2) is 36.4 Å². The fourth-order valence-corrected chi connectivity index (χ4v) is 2.83. The monoisotopic (exact) mass is 301 g/mol. The van der Waals surface area contributed by atoms with Crippen LogP contribution in [0.3, 0.4) is 0 Å². The molecule has 2 N–H and O–H groups in total. The quantitative estimate of drug-likeness (QED) is 0.450. The van der Waals surface area contributed by atoms with E-state index >= 15 is 0 Å². The molecule has 0 aliphatic heterocycles. The molecule has 0 radical (unpaired) electrons. The Balaban J connectivity index is 2.11. The average molecular weight is 301 g/mol. The van der Waals surface area contributed by atoms with Gasteiger partial charge in [0.15, 0.2) is 0 Å². The van der Waals surface area contributed by atoms with Crippen LogP contribution >= 0.6 is 11.3 Å². The van der Waals surface area contributed by atoms with Gasteiger partial charge < -0.3 is 10.5 Å². The zero-order valence-electron chi connectivity index (χ0n) is 11.1. The fraction of sp³-hybridized carbons (Fsp3) is 0.0714. The number of nitrogen functional groups attached to an aromatic ring is 1. The molecule has 0 saturated heterocycles. The van der Waals surface area contributed by atoms with E-state index in [2.05, 4.69) is 4.98 Å². The van der Waals surface area contributed by atoms with E-state index in [1.54, 1.807) is 30.3 Å². The van der Waals surface area contributed by atoms with Gasteiger partial charge >= 0.3 is 5.69 Å². The van der Waals surface area contributed by atoms with Crippen molar-refractivity contribution in [2.75, 3.05) is 5.73 Å². The second kappa shape index (κ2) is 5.02. The molecule has 106 valence electrons. The Labute approximate surface area is 124 Å². The van der Waals surface area contributed by atoms with Crippen LogP contribution in [-0.4, -0.2) is 9.91 Å². The first-order valence-electron chi connectivity index (χ1n) is 6.12. The molecule has 7 heteroatoms. The highest BCUT2D eigenvalue weighted by molar-refractivity contribution is 7.18. The molecule has 0 aliphatic rings. The van der Waals surface area contributed by atoms with E-state index in [9.17, 15) is 10.1 Å². The number of fused-ring (bicyclic) bond motifs is 1. The number of benzene rings is 2. The molecule has 0 unspecified atom stereocenters. The van der Waals surface area contributed by atoms with Crippen molar-refractivity contribution in [1.29, 1.82) is 0 Å². The molecular weight excluding hydrogens is 290 g/mol. The van der Waals surface area contributed by atoms with Crippen LogP contribution in [0.4, 0.5) is 11.4 Å². The molecule has 0 saturated carbocycles. The second-order valence-electron chi connectivity index (χ2n) is 4.45. The third-order valence-electron chi connectivity index (χ3n) is 2.86. The molecule has 1 heterocycles. The number of thiazole rings is 1. The number of nitro groups is 1. The molecule has 6 nitrogen and oxygen atoms in total. The van der Waals surface area contributed by atoms with Crippen molar-refractivity contribution >= 4 is 32.9 Å². The first-order valence-corrected chi connectivity index (χ1v) is 6.93. The van der Waals surface area contributed by atoms with Crippen molar-refractivity contribution in [2.45, 2.75) is 6.92 Å². The number of nitrogens with two attached hydrogens (primary N) is 1. The summed E-state index contributed by atoms with van der Waals surface area (Å²) in [7, 11) is 0. The number of ether oxygens (including phenoxy) is 1. The van der Waals surface area contributed by atoms with Gasteiger partial charge in [0.25, 0.3) is 0 Å². The summed E-state index contributed by atoms with van der Waals surface area (Å²) in [6.07, 6.45) is 0. The number of nitro benzene ring substituents is 1. The van der Waals surface area contributed by atoms with Gasteiger partial charge in [-0.1, -0.05) is 6.07 Å². The van der Waals surface area contributed by atoms with Crippen molar-refractivity contribution in [1.82, 2.24) is 4.98 Å². The zero-order chi connectivity index (χ0) is 15.0. The number of anilines is 1. The SMILES string of the molecule is Cc1nc2cc(Oc3cccc(N)c3)c([N+](=O)[O-])cc2s1. The summed E-state index contributed by atoms with van der Waals surface area (Å²) in [4.78, 5) is 15.1. The number of nitrogens with zero attached hydrogens (tertiary/aromatic N) is 2. The van der Waals surface area contributed by atoms with E-state index in [-0.39, 0.29) is 11.4 Å². The third kappa shape index (κ3) is 2.63. The maximum absolute atomic E-state index is 11.2. The van der Waals surface area contributed by atoms with E-state index < -0.39 is 4.92 Å². The number of aryl methyl sites for hydroxylation is 1. The van der Waals surface area contributed by atoms with Crippen LogP contribution in [0.2, 0.25) is 0 Å². The summed E-state index contributed by atoms with van der Waals surface area (Å²) in [5.41, 5.74) is 6.80. The lowest BCUT2D eigenvalue weighted by molar-refractivity contribution is -0.385. The molecule has 0 spiro atoms. The summed E-state index contributed by atoms with van der Waals surface area (Å²) < 4.78 is 6.38. The van der Waals surface area contributed by atoms with Crippen molar-refractivity contribution in [3.8, 4) is 11.5 Å². The molecule has 3 rings (SSSR count). The van der Waals surface area contributed by atoms with Crippen LogP contribution in [0.1, 0.15) is 5.01 Å². The highest BCUT2D eigenvalue weighted by atomic mass is 32.1. The summed E-state index contributed by atoms with van der Waals surface area (Å²) in [5.74, 6) is 0.604. The smallest absolute Gasteiger partial charge is 0.313 e. The maximum atomic E-state index is 11.2. The van der Waals surface area contributed by atoms with Crippen LogP contribution in [0.25, 0.3) is 10.2 Å². The molecule has 0 aliphatic carbocycles. The highest BCUT2D eigenvalue weighted by Crippen LogP contribution is 2.37. The molecule has 0 amide bonds. The van der Waals surface area contributed by atoms with Crippen LogP contribution in [0, 0.1) is 17.0 Å². The average Bonchev–Trinajstić information content (AvgIpc) is 2.76. The molecule has 3 aromatic rings. The number of hydrogen-bond donors (Lipinski definition) is 1. The molecule has 0 bridgehead atoms. The minimum atomic E-state index is -0.462. The van der Waals surface area contributed by atoms with Crippen molar-refractivity contribution in [3.05, 3.63) is 51.5 Å². The minimum absolute atomic E-state index is 0.0893. The number of rotatable bonds is 3. The predicted octanol–water partition coefficient (Wildman–Crippen LogP) is 3.89. The minimum Gasteiger partial charge on any atom is -0.450 e. The Kier molecular flexibility index (Phi) is 3.19. The van der Waals surface area contributed by atoms with Crippen LogP contribution in [0.5, 0.6) is 11.5 Å². The number of hydrogen-bond acceptors (Lipinski definition) is 6. The van der Waals surface area contributed by atoms with Gasteiger partial charge in [0.05, 0.1) is 20.1 Å². The van der Waals surface area contributed by atoms with E-state index in [4.69, 9.17) is 10.5 Å². The van der Waals surface area contributed by atoms with E-state index in [0.717, 1.165) is 9.71 Å². The summed E-state index contributed by atoms with van der Waals surface area (Å²) >= 11 is 1.41. The lowest BCUT2D eigenvalue weighted by Gasteiger charge is -2.06. The van der Waals surface area contributed by atoms with Gasteiger partial charge in [0, 0.05) is 23.9 Å². The van der Waals surface area contributed by atoms with Gasteiger partial charge in [-0.05, 0) is 19.1 Å². The van der Waals surface area contributed by atoms with Gasteiger partial charge in [0.2, 0.25) is 5.75 Å². The van der Waals surface area contributed by atoms with Crippen LogP contribution < -0.4 is 10.5 Å². The van der Waals surface area contributed by atoms with Crippen molar-refractivity contribution in [3.63, 3.8) is 0 Å². The third-order valence-corrected chi connectivity index (χ3v) is 3.79. The largest absolute Gasteiger partial charge is 0.450 e. The van der Waals surface area contributed by atoms with Gasteiger partial charge in [0.1, 0.15) is 5.75 Å². The fourth-order valence-electron chi connectivity index (χ4n) is 1.99. The Morgan fingerprint density at radius 3 is 2.86 bits per heavy atom. The molecule has 2 aromatic carbocycles. The normalized spacial score (nSPS) is 10.7. The standard InChI is InChI=1S/C14H11N3O3S/c1-8-16-11-6-13(12(17(18)19)7-14(11)21-8)20-10-4-2-3-9(15)5-10/h2-7H,15H2,1H3. The van der Waals surface area contributed by atoms with E-state index in [0.29, 0.717) is 17.0 Å². The molecule has 0 atom stereocenters. The van der Waals surface area contributed by atoms with Gasteiger partial charge in [-0.25, -0.2) is 4.98 Å². The van der Waals surface area contributed by atoms with Crippen molar-refractivity contribution < 1.29 is 9.66 Å². The summed E-state index contributed by atoms with van der Waals surface area (Å²) in [6, 6.07) is 9.81. The second-order valence-corrected chi connectivity index (χ2v) is 5.69. The Bertz CT molecular complexity index is 845. The summed E-state index contributed by atoms with van der Waals surface area (Å²) in [6.45, 7) is 1.86. The van der Waals surface area contributed by atoms with Crippen LogP contribution in [-0.2, 0) is 0 Å². The topological polar surface area (TPSA) is 91.3 Å². The zero-order valence-corrected chi connectivity index (χ0v) is 11.9. The van der Waals surface area contributed by atoms with Gasteiger partial charge in [-0.2, -0.15) is 0 Å². The first kappa shape index (κ1) is 13.3. The van der Waals surface area contributed by atoms with Gasteiger partial charge in [-0.15, -0.1) is 11.3 Å². The predicted molar refractivity (Wildman–Crippen MR) is 81.9 cm³/mol. The lowest BCUT2D eigenvalue weighted by Crippen LogP contribution is -1.94. The molecule has 21 heavy (non-hydrogen) atoms. The highest BCUT2D eigenvalue weighted by Gasteiger charge is 2.19. The molecule has 0 fully saturated rings. The Morgan fingerprint density at radius 1 is 1.33 bits per heavy atom. The number of aromatic nitrogens is 1. The summed E-state index contributed by atoms with van der Waals surface area (Å²) in [5, 5.41) is 12.1. The Hall–Kier alpha value is -2.67. The van der Waals surface area contributed by atoms with E-state index in [1.165, 1.54) is 17.4 Å². The Morgan fingerprint density at radius 2 is 2.14 bits per heavy atom.